The maximum Gasteiger partial charge on any atom is 0.338 e. The lowest BCUT2D eigenvalue weighted by Gasteiger charge is -2.04. The number of fused-ring (bicyclic) bond motifs is 1. The average Bonchev–Trinajstić information content (AvgIpc) is 3.38. The number of aromatic nitrogens is 2. The fourth-order valence-corrected chi connectivity index (χ4v) is 3.71. The molecule has 26 heavy (non-hydrogen) atoms. The van der Waals surface area contributed by atoms with Gasteiger partial charge in [-0.25, -0.2) is 14.8 Å². The van der Waals surface area contributed by atoms with Gasteiger partial charge in [0.1, 0.15) is 5.52 Å². The van der Waals surface area contributed by atoms with Gasteiger partial charge in [-0.2, -0.15) is 0 Å². The highest BCUT2D eigenvalue weighted by Crippen LogP contribution is 2.28. The first-order valence-corrected chi connectivity index (χ1v) is 9.24. The van der Waals surface area contributed by atoms with Gasteiger partial charge >= 0.3 is 5.97 Å². The van der Waals surface area contributed by atoms with E-state index in [2.05, 4.69) is 15.3 Å². The summed E-state index contributed by atoms with van der Waals surface area (Å²) in [5.74, 6) is -1.06. The number of hydrogen-bond donors (Lipinski definition) is 1. The first kappa shape index (κ1) is 16.4. The SMILES string of the molecule is O=C(COC(=O)c1ccc2ocnc2c1)Nc1nc(-c2cccs2)cs1. The lowest BCUT2D eigenvalue weighted by molar-refractivity contribution is -0.119. The Morgan fingerprint density at radius 1 is 1.23 bits per heavy atom. The molecule has 0 saturated heterocycles. The summed E-state index contributed by atoms with van der Waals surface area (Å²) in [5.41, 5.74) is 2.23. The Hall–Kier alpha value is -3.04. The van der Waals surface area contributed by atoms with Crippen LogP contribution in [0, 0.1) is 0 Å². The number of amides is 1. The maximum absolute atomic E-state index is 12.1. The van der Waals surface area contributed by atoms with Gasteiger partial charge in [0.2, 0.25) is 0 Å². The quantitative estimate of drug-likeness (QED) is 0.525. The van der Waals surface area contributed by atoms with Crippen molar-refractivity contribution in [2.75, 3.05) is 11.9 Å². The van der Waals surface area contributed by atoms with E-state index in [1.54, 1.807) is 29.5 Å². The molecule has 0 atom stereocenters. The van der Waals surface area contributed by atoms with Crippen molar-refractivity contribution in [2.24, 2.45) is 0 Å². The Morgan fingerprint density at radius 3 is 3.00 bits per heavy atom. The van der Waals surface area contributed by atoms with Gasteiger partial charge in [-0.1, -0.05) is 6.07 Å². The van der Waals surface area contributed by atoms with Crippen molar-refractivity contribution < 1.29 is 18.7 Å². The van der Waals surface area contributed by atoms with E-state index in [0.29, 0.717) is 21.8 Å². The largest absolute Gasteiger partial charge is 0.452 e. The number of esters is 1. The summed E-state index contributed by atoms with van der Waals surface area (Å²) in [6.07, 6.45) is 1.30. The highest BCUT2D eigenvalue weighted by Gasteiger charge is 2.13. The van der Waals surface area contributed by atoms with Crippen LogP contribution in [-0.2, 0) is 9.53 Å². The Labute approximate surface area is 155 Å². The zero-order valence-corrected chi connectivity index (χ0v) is 14.8. The minimum atomic E-state index is -0.608. The van der Waals surface area contributed by atoms with Gasteiger partial charge in [-0.15, -0.1) is 22.7 Å². The van der Waals surface area contributed by atoms with Crippen LogP contribution in [0.5, 0.6) is 0 Å². The zero-order chi connectivity index (χ0) is 17.9. The van der Waals surface area contributed by atoms with Crippen LogP contribution in [0.2, 0.25) is 0 Å². The van der Waals surface area contributed by atoms with E-state index >= 15 is 0 Å². The first-order valence-electron chi connectivity index (χ1n) is 7.49. The standard InChI is InChI=1S/C17H11N3O4S2/c21-15(20-17-19-12(8-26-17)14-2-1-5-25-14)7-23-16(22)10-3-4-13-11(6-10)18-9-24-13/h1-6,8-9H,7H2,(H,19,20,21). The van der Waals surface area contributed by atoms with Gasteiger partial charge in [-0.05, 0) is 29.6 Å². The van der Waals surface area contributed by atoms with E-state index in [0.717, 1.165) is 10.6 Å². The molecule has 0 fully saturated rings. The van der Waals surface area contributed by atoms with E-state index in [-0.39, 0.29) is 0 Å². The van der Waals surface area contributed by atoms with Crippen molar-refractivity contribution in [3.8, 4) is 10.6 Å². The van der Waals surface area contributed by atoms with Gasteiger partial charge in [0.25, 0.3) is 5.91 Å². The topological polar surface area (TPSA) is 94.3 Å². The highest BCUT2D eigenvalue weighted by molar-refractivity contribution is 7.16. The molecule has 1 N–H and O–H groups in total. The van der Waals surface area contributed by atoms with Gasteiger partial charge in [0, 0.05) is 5.38 Å². The van der Waals surface area contributed by atoms with Crippen LogP contribution < -0.4 is 5.32 Å². The molecule has 9 heteroatoms. The van der Waals surface area contributed by atoms with Crippen molar-refractivity contribution in [1.82, 2.24) is 9.97 Å². The molecule has 0 aliphatic rings. The number of oxazole rings is 1. The maximum atomic E-state index is 12.1. The lowest BCUT2D eigenvalue weighted by atomic mass is 10.2. The molecule has 0 unspecified atom stereocenters. The third kappa shape index (κ3) is 3.48. The number of carbonyl (C=O) groups excluding carboxylic acids is 2. The molecule has 0 radical (unpaired) electrons. The molecule has 4 rings (SSSR count). The summed E-state index contributed by atoms with van der Waals surface area (Å²) in [5, 5.41) is 6.90. The molecule has 0 spiro atoms. The van der Waals surface area contributed by atoms with Crippen LogP contribution in [-0.4, -0.2) is 28.5 Å². The Kier molecular flexibility index (Phi) is 4.46. The lowest BCUT2D eigenvalue weighted by Crippen LogP contribution is -2.20. The number of hydrogen-bond acceptors (Lipinski definition) is 8. The Balaban J connectivity index is 1.34. The first-order chi connectivity index (χ1) is 12.7. The third-order valence-electron chi connectivity index (χ3n) is 3.42. The van der Waals surface area contributed by atoms with Crippen LogP contribution >= 0.6 is 22.7 Å². The molecular formula is C17H11N3O4S2. The monoisotopic (exact) mass is 385 g/mol. The van der Waals surface area contributed by atoms with E-state index in [1.165, 1.54) is 17.7 Å². The number of rotatable bonds is 5. The summed E-state index contributed by atoms with van der Waals surface area (Å²) in [6.45, 7) is -0.399. The second kappa shape index (κ2) is 7.06. The number of nitrogens with one attached hydrogen (secondary N) is 1. The van der Waals surface area contributed by atoms with E-state index < -0.39 is 18.5 Å². The highest BCUT2D eigenvalue weighted by atomic mass is 32.1. The van der Waals surface area contributed by atoms with Gasteiger partial charge in [0.15, 0.2) is 23.7 Å². The Bertz CT molecular complexity index is 1070. The number of benzene rings is 1. The fraction of sp³-hybridized carbons (Fsp3) is 0.0588. The molecule has 4 aromatic rings. The summed E-state index contributed by atoms with van der Waals surface area (Å²) < 4.78 is 10.1. The summed E-state index contributed by atoms with van der Waals surface area (Å²) in [7, 11) is 0. The third-order valence-corrected chi connectivity index (χ3v) is 5.07. The van der Waals surface area contributed by atoms with Crippen LogP contribution in [0.3, 0.4) is 0 Å². The van der Waals surface area contributed by atoms with Gasteiger partial charge < -0.3 is 9.15 Å². The van der Waals surface area contributed by atoms with Gasteiger partial charge in [0.05, 0.1) is 16.1 Å². The zero-order valence-electron chi connectivity index (χ0n) is 13.2. The minimum absolute atomic E-state index is 0.299. The molecule has 0 bridgehead atoms. The molecule has 0 aliphatic heterocycles. The number of thiazole rings is 1. The molecular weight excluding hydrogens is 374 g/mol. The van der Waals surface area contributed by atoms with Crippen molar-refractivity contribution in [2.45, 2.75) is 0 Å². The predicted octanol–water partition coefficient (Wildman–Crippen LogP) is 3.81. The molecule has 0 saturated carbocycles. The molecule has 130 valence electrons. The number of nitrogens with zero attached hydrogens (tertiary/aromatic N) is 2. The molecule has 1 amide bonds. The van der Waals surface area contributed by atoms with Crippen LogP contribution in [0.4, 0.5) is 5.13 Å². The molecule has 7 nitrogen and oxygen atoms in total. The summed E-state index contributed by atoms with van der Waals surface area (Å²) in [6, 6.07) is 8.63. The van der Waals surface area contributed by atoms with Crippen LogP contribution in [0.1, 0.15) is 10.4 Å². The number of ether oxygens (including phenoxy) is 1. The number of carbonyl (C=O) groups is 2. The van der Waals surface area contributed by atoms with Crippen molar-refractivity contribution in [3.63, 3.8) is 0 Å². The summed E-state index contributed by atoms with van der Waals surface area (Å²) in [4.78, 5) is 33.4. The van der Waals surface area contributed by atoms with Crippen LogP contribution in [0.15, 0.2) is 51.9 Å². The molecule has 1 aromatic carbocycles. The predicted molar refractivity (Wildman–Crippen MR) is 98.3 cm³/mol. The average molecular weight is 385 g/mol. The van der Waals surface area contributed by atoms with Crippen molar-refractivity contribution >= 4 is 50.8 Å². The smallest absolute Gasteiger partial charge is 0.338 e. The van der Waals surface area contributed by atoms with Gasteiger partial charge in [-0.3, -0.25) is 10.1 Å². The normalized spacial score (nSPS) is 10.8. The van der Waals surface area contributed by atoms with E-state index in [9.17, 15) is 9.59 Å². The van der Waals surface area contributed by atoms with Crippen LogP contribution in [0.25, 0.3) is 21.7 Å². The second-order valence-electron chi connectivity index (χ2n) is 5.17. The minimum Gasteiger partial charge on any atom is -0.452 e. The fourth-order valence-electron chi connectivity index (χ4n) is 2.22. The molecule has 3 heterocycles. The summed E-state index contributed by atoms with van der Waals surface area (Å²) >= 11 is 2.89. The molecule has 3 aromatic heterocycles. The Morgan fingerprint density at radius 2 is 2.15 bits per heavy atom. The van der Waals surface area contributed by atoms with E-state index in [4.69, 9.17) is 9.15 Å². The number of anilines is 1. The van der Waals surface area contributed by atoms with Crippen molar-refractivity contribution in [3.05, 3.63) is 53.0 Å². The number of thiophene rings is 1. The van der Waals surface area contributed by atoms with Crippen molar-refractivity contribution in [1.29, 1.82) is 0 Å². The van der Waals surface area contributed by atoms with E-state index in [1.807, 2.05) is 22.9 Å². The second-order valence-corrected chi connectivity index (χ2v) is 6.98. The molecule has 0 aliphatic carbocycles.